The van der Waals surface area contributed by atoms with Gasteiger partial charge in [-0.1, -0.05) is 6.07 Å². The summed E-state index contributed by atoms with van der Waals surface area (Å²) in [5, 5.41) is 5.02. The van der Waals surface area contributed by atoms with Gasteiger partial charge in [0.25, 0.3) is 0 Å². The van der Waals surface area contributed by atoms with Crippen LogP contribution in [0.1, 0.15) is 33.8 Å². The molecular formula is C19H24N2O3S. The molecule has 0 bridgehead atoms. The number of benzene rings is 1. The molecule has 1 amide bonds. The predicted molar refractivity (Wildman–Crippen MR) is 100 cm³/mol. The highest BCUT2D eigenvalue weighted by molar-refractivity contribution is 7.10. The van der Waals surface area contributed by atoms with Crippen LogP contribution in [0, 0.1) is 0 Å². The van der Waals surface area contributed by atoms with Crippen LogP contribution >= 0.6 is 11.3 Å². The third-order valence-corrected chi connectivity index (χ3v) is 5.00. The number of likely N-dealkylation sites (N-methyl/N-ethyl adjacent to an activating group) is 1. The van der Waals surface area contributed by atoms with E-state index >= 15 is 0 Å². The Kier molecular flexibility index (Phi) is 6.73. The average molecular weight is 360 g/mol. The molecule has 1 unspecified atom stereocenters. The van der Waals surface area contributed by atoms with Crippen LogP contribution < -0.4 is 10.1 Å². The summed E-state index contributed by atoms with van der Waals surface area (Å²) in [5.41, 5.74) is 1.29. The van der Waals surface area contributed by atoms with Gasteiger partial charge in [-0.15, -0.1) is 11.3 Å². The lowest BCUT2D eigenvalue weighted by Gasteiger charge is -2.23. The zero-order chi connectivity index (χ0) is 18.4. The Morgan fingerprint density at radius 3 is 2.60 bits per heavy atom. The Morgan fingerprint density at radius 1 is 1.28 bits per heavy atom. The van der Waals surface area contributed by atoms with Crippen molar-refractivity contribution in [2.45, 2.75) is 19.4 Å². The van der Waals surface area contributed by atoms with E-state index in [9.17, 15) is 9.59 Å². The van der Waals surface area contributed by atoms with E-state index in [1.807, 2.05) is 25.5 Å². The van der Waals surface area contributed by atoms with Crippen molar-refractivity contribution in [1.82, 2.24) is 10.2 Å². The second-order valence-electron chi connectivity index (χ2n) is 6.06. The van der Waals surface area contributed by atoms with Gasteiger partial charge in [0.2, 0.25) is 5.91 Å². The van der Waals surface area contributed by atoms with Crippen molar-refractivity contribution in [3.8, 4) is 5.75 Å². The van der Waals surface area contributed by atoms with Gasteiger partial charge in [0.05, 0.1) is 19.6 Å². The Balaban J connectivity index is 2.04. The molecule has 5 nitrogen and oxygen atoms in total. The molecule has 0 aliphatic carbocycles. The number of nitrogens with one attached hydrogen (secondary N) is 1. The number of ketones is 1. The highest BCUT2D eigenvalue weighted by Crippen LogP contribution is 2.23. The van der Waals surface area contributed by atoms with Crippen LogP contribution in [0.15, 0.2) is 35.7 Å². The van der Waals surface area contributed by atoms with Gasteiger partial charge in [-0.3, -0.25) is 9.59 Å². The van der Waals surface area contributed by atoms with E-state index in [1.165, 1.54) is 11.8 Å². The van der Waals surface area contributed by atoms with Gasteiger partial charge >= 0.3 is 0 Å². The second-order valence-corrected chi connectivity index (χ2v) is 7.04. The lowest BCUT2D eigenvalue weighted by Crippen LogP contribution is -2.35. The summed E-state index contributed by atoms with van der Waals surface area (Å²) in [6.45, 7) is 2.04. The molecule has 0 aliphatic heterocycles. The molecule has 1 aromatic heterocycles. The SMILES string of the molecule is COc1ccc(C(C)=O)cc1CC(=O)NCC(c1cccs1)N(C)C. The molecule has 1 heterocycles. The highest BCUT2D eigenvalue weighted by Gasteiger charge is 2.17. The number of Topliss-reactive ketones (excluding diaryl/α,β-unsaturated/α-hetero) is 1. The van der Waals surface area contributed by atoms with Crippen molar-refractivity contribution in [1.29, 1.82) is 0 Å². The maximum absolute atomic E-state index is 12.4. The molecule has 134 valence electrons. The summed E-state index contributed by atoms with van der Waals surface area (Å²) < 4.78 is 5.31. The molecule has 25 heavy (non-hydrogen) atoms. The standard InChI is InChI=1S/C19H24N2O3S/c1-13(22)14-7-8-17(24-4)15(10-14)11-19(23)20-12-16(21(2)3)18-6-5-9-25-18/h5-10,16H,11-12H2,1-4H3,(H,20,23). The van der Waals surface area contributed by atoms with Crippen molar-refractivity contribution >= 4 is 23.0 Å². The second kappa shape index (κ2) is 8.78. The van der Waals surface area contributed by atoms with E-state index in [0.717, 1.165) is 0 Å². The first-order chi connectivity index (χ1) is 11.9. The molecule has 0 spiro atoms. The van der Waals surface area contributed by atoms with E-state index in [2.05, 4.69) is 16.3 Å². The van der Waals surface area contributed by atoms with Crippen LogP contribution in [0.25, 0.3) is 0 Å². The quantitative estimate of drug-likeness (QED) is 0.736. The van der Waals surface area contributed by atoms with Crippen LogP contribution in [-0.4, -0.2) is 44.3 Å². The molecule has 0 fully saturated rings. The van der Waals surface area contributed by atoms with E-state index in [-0.39, 0.29) is 24.2 Å². The monoisotopic (exact) mass is 360 g/mol. The number of ether oxygens (including phenoxy) is 1. The van der Waals surface area contributed by atoms with Crippen molar-refractivity contribution in [3.05, 3.63) is 51.7 Å². The number of hydrogen-bond donors (Lipinski definition) is 1. The van der Waals surface area contributed by atoms with Gasteiger partial charge < -0.3 is 15.0 Å². The maximum atomic E-state index is 12.4. The highest BCUT2D eigenvalue weighted by atomic mass is 32.1. The fraction of sp³-hybridized carbons (Fsp3) is 0.368. The molecule has 0 saturated heterocycles. The van der Waals surface area contributed by atoms with Crippen LogP contribution in [-0.2, 0) is 11.2 Å². The molecular weight excluding hydrogens is 336 g/mol. The molecule has 1 aromatic carbocycles. The van der Waals surface area contributed by atoms with Crippen LogP contribution in [0.3, 0.4) is 0 Å². The Hall–Kier alpha value is -2.18. The average Bonchev–Trinajstić information content (AvgIpc) is 3.08. The fourth-order valence-corrected chi connectivity index (χ4v) is 3.52. The number of rotatable bonds is 8. The van der Waals surface area contributed by atoms with Crippen LogP contribution in [0.2, 0.25) is 0 Å². The summed E-state index contributed by atoms with van der Waals surface area (Å²) in [6, 6.07) is 9.38. The first-order valence-corrected chi connectivity index (χ1v) is 8.94. The summed E-state index contributed by atoms with van der Waals surface area (Å²) in [4.78, 5) is 27.2. The number of methoxy groups -OCH3 is 1. The number of carbonyl (C=O) groups is 2. The summed E-state index contributed by atoms with van der Waals surface area (Å²) in [6.07, 6.45) is 0.175. The molecule has 2 rings (SSSR count). The molecule has 1 atom stereocenters. The topological polar surface area (TPSA) is 58.6 Å². The lowest BCUT2D eigenvalue weighted by atomic mass is 10.0. The Labute approximate surface area is 152 Å². The number of thiophene rings is 1. The molecule has 6 heteroatoms. The third-order valence-electron chi connectivity index (χ3n) is 4.03. The third kappa shape index (κ3) is 5.14. The molecule has 2 aromatic rings. The summed E-state index contributed by atoms with van der Waals surface area (Å²) in [7, 11) is 5.55. The molecule has 0 aliphatic rings. The number of amides is 1. The minimum absolute atomic E-state index is 0.0327. The number of nitrogens with zero attached hydrogens (tertiary/aromatic N) is 1. The summed E-state index contributed by atoms with van der Waals surface area (Å²) >= 11 is 1.68. The molecule has 1 N–H and O–H groups in total. The fourth-order valence-electron chi connectivity index (χ4n) is 2.60. The van der Waals surface area contributed by atoms with Crippen LogP contribution in [0.5, 0.6) is 5.75 Å². The zero-order valence-electron chi connectivity index (χ0n) is 15.0. The maximum Gasteiger partial charge on any atom is 0.224 e. The van der Waals surface area contributed by atoms with E-state index in [4.69, 9.17) is 4.74 Å². The van der Waals surface area contributed by atoms with Gasteiger partial charge in [-0.05, 0) is 50.7 Å². The first kappa shape index (κ1) is 19.1. The van der Waals surface area contributed by atoms with Crippen molar-refractivity contribution in [2.75, 3.05) is 27.7 Å². The lowest BCUT2D eigenvalue weighted by molar-refractivity contribution is -0.120. The van der Waals surface area contributed by atoms with Crippen molar-refractivity contribution in [2.24, 2.45) is 0 Å². The molecule has 0 saturated carbocycles. The van der Waals surface area contributed by atoms with Crippen molar-refractivity contribution < 1.29 is 14.3 Å². The van der Waals surface area contributed by atoms with E-state index < -0.39 is 0 Å². The Bertz CT molecular complexity index is 726. The van der Waals surface area contributed by atoms with E-state index in [1.54, 1.807) is 36.6 Å². The summed E-state index contributed by atoms with van der Waals surface area (Å²) in [5.74, 6) is 0.486. The van der Waals surface area contributed by atoms with Gasteiger partial charge in [-0.25, -0.2) is 0 Å². The van der Waals surface area contributed by atoms with Gasteiger partial charge in [0.1, 0.15) is 5.75 Å². The number of carbonyl (C=O) groups excluding carboxylic acids is 2. The van der Waals surface area contributed by atoms with Crippen LogP contribution in [0.4, 0.5) is 0 Å². The normalized spacial score (nSPS) is 12.0. The minimum Gasteiger partial charge on any atom is -0.496 e. The number of hydrogen-bond acceptors (Lipinski definition) is 5. The van der Waals surface area contributed by atoms with Gasteiger partial charge in [0.15, 0.2) is 5.78 Å². The first-order valence-electron chi connectivity index (χ1n) is 8.06. The Morgan fingerprint density at radius 2 is 2.04 bits per heavy atom. The largest absolute Gasteiger partial charge is 0.496 e. The molecule has 0 radical (unpaired) electrons. The predicted octanol–water partition coefficient (Wildman–Crippen LogP) is 2.92. The van der Waals surface area contributed by atoms with Gasteiger partial charge in [-0.2, -0.15) is 0 Å². The van der Waals surface area contributed by atoms with E-state index in [0.29, 0.717) is 23.4 Å². The zero-order valence-corrected chi connectivity index (χ0v) is 15.9. The minimum atomic E-state index is -0.0950. The smallest absolute Gasteiger partial charge is 0.224 e. The van der Waals surface area contributed by atoms with Gasteiger partial charge in [0, 0.05) is 22.5 Å². The van der Waals surface area contributed by atoms with Crippen molar-refractivity contribution in [3.63, 3.8) is 0 Å².